The first-order valence-electron chi connectivity index (χ1n) is 6.71. The minimum atomic E-state index is 0.397. The average molecular weight is 281 g/mol. The van der Waals surface area contributed by atoms with Crippen molar-refractivity contribution in [1.82, 2.24) is 4.98 Å². The van der Waals surface area contributed by atoms with Crippen LogP contribution < -0.4 is 0 Å². The molecule has 0 atom stereocenters. The summed E-state index contributed by atoms with van der Waals surface area (Å²) in [4.78, 5) is 4.06. The summed E-state index contributed by atoms with van der Waals surface area (Å²) in [7, 11) is 0. The molecule has 0 aliphatic rings. The van der Waals surface area contributed by atoms with Crippen molar-refractivity contribution in [3.05, 3.63) is 17.8 Å². The van der Waals surface area contributed by atoms with Gasteiger partial charge in [-0.25, -0.2) is 4.98 Å². The van der Waals surface area contributed by atoms with E-state index < -0.39 is 0 Å². The van der Waals surface area contributed by atoms with Gasteiger partial charge in [-0.1, -0.05) is 27.2 Å². The highest BCUT2D eigenvalue weighted by Gasteiger charge is 2.09. The Bertz CT molecular complexity index is 449. The zero-order valence-corrected chi connectivity index (χ0v) is 13.3. The van der Waals surface area contributed by atoms with Crippen LogP contribution in [-0.2, 0) is 0 Å². The van der Waals surface area contributed by atoms with Crippen LogP contribution in [-0.4, -0.2) is 21.5 Å². The van der Waals surface area contributed by atoms with Crippen molar-refractivity contribution in [2.45, 2.75) is 47.5 Å². The van der Waals surface area contributed by atoms with Crippen LogP contribution in [0.15, 0.2) is 21.0 Å². The fourth-order valence-electron chi connectivity index (χ4n) is 1.45. The highest BCUT2D eigenvalue weighted by atomic mass is 32.2. The normalized spacial score (nSPS) is 13.4. The van der Waals surface area contributed by atoms with Crippen LogP contribution in [0.2, 0.25) is 0 Å². The third-order valence-corrected chi connectivity index (χ3v) is 3.96. The lowest BCUT2D eigenvalue weighted by Crippen LogP contribution is -2.04. The second-order valence-corrected chi connectivity index (χ2v) is 5.86. The third-order valence-electron chi connectivity index (χ3n) is 2.61. The molecule has 0 fully saturated rings. The van der Waals surface area contributed by atoms with E-state index in [1.807, 2.05) is 13.8 Å². The molecule has 0 radical (unpaired) electrons. The molecule has 19 heavy (non-hydrogen) atoms. The lowest BCUT2D eigenvalue weighted by molar-refractivity contribution is 0.547. The lowest BCUT2D eigenvalue weighted by atomic mass is 10.2. The molecule has 1 aromatic rings. The fraction of sp³-hybridized carbons (Fsp3) is 0.643. The summed E-state index contributed by atoms with van der Waals surface area (Å²) in [6.45, 7) is 10.3. The number of rotatable bonds is 6. The predicted octanol–water partition coefficient (Wildman–Crippen LogP) is 4.29. The lowest BCUT2D eigenvalue weighted by Gasteiger charge is -2.07. The van der Waals surface area contributed by atoms with Crippen LogP contribution in [0.5, 0.6) is 0 Å². The van der Waals surface area contributed by atoms with Crippen LogP contribution in [0.3, 0.4) is 0 Å². The number of unbranched alkanes of at least 4 members (excludes halogenated alkanes) is 1. The van der Waals surface area contributed by atoms with Gasteiger partial charge < -0.3 is 4.42 Å². The summed E-state index contributed by atoms with van der Waals surface area (Å²) in [6, 6.07) is 0. The molecule has 5 heteroatoms. The second-order valence-electron chi connectivity index (χ2n) is 4.75. The zero-order chi connectivity index (χ0) is 14.3. The minimum Gasteiger partial charge on any atom is -0.442 e. The van der Waals surface area contributed by atoms with Crippen molar-refractivity contribution in [2.75, 3.05) is 5.75 Å². The maximum absolute atomic E-state index is 5.30. The van der Waals surface area contributed by atoms with E-state index in [2.05, 4.69) is 36.0 Å². The number of hydrogen-bond donors (Lipinski definition) is 0. The molecule has 0 aliphatic heterocycles. The molecule has 0 amide bonds. The van der Waals surface area contributed by atoms with E-state index in [1.54, 1.807) is 11.8 Å². The molecule has 0 aliphatic carbocycles. The Hall–Kier alpha value is -1.10. The van der Waals surface area contributed by atoms with Gasteiger partial charge in [0.2, 0.25) is 0 Å². The molecule has 106 valence electrons. The van der Waals surface area contributed by atoms with Gasteiger partial charge in [-0.2, -0.15) is 5.10 Å². The number of thioether (sulfide) groups is 1. The molecule has 0 spiro atoms. The Morgan fingerprint density at radius 2 is 2.16 bits per heavy atom. The first kappa shape index (κ1) is 16.0. The van der Waals surface area contributed by atoms with Gasteiger partial charge in [-0.3, -0.25) is 0 Å². The molecule has 0 saturated heterocycles. The predicted molar refractivity (Wildman–Crippen MR) is 83.1 cm³/mol. The van der Waals surface area contributed by atoms with Crippen molar-refractivity contribution in [2.24, 2.45) is 16.1 Å². The largest absolute Gasteiger partial charge is 0.442 e. The van der Waals surface area contributed by atoms with Crippen LogP contribution >= 0.6 is 11.8 Å². The van der Waals surface area contributed by atoms with E-state index in [0.717, 1.165) is 22.2 Å². The molecule has 0 bridgehead atoms. The molecule has 0 aromatic carbocycles. The number of aromatic nitrogens is 1. The van der Waals surface area contributed by atoms with Crippen molar-refractivity contribution in [1.29, 1.82) is 0 Å². The summed E-state index contributed by atoms with van der Waals surface area (Å²) in [5.74, 6) is 2.21. The Kier molecular flexibility index (Phi) is 6.84. The minimum absolute atomic E-state index is 0.397. The van der Waals surface area contributed by atoms with Crippen molar-refractivity contribution < 1.29 is 4.42 Å². The number of aryl methyl sites for hydroxylation is 1. The molecular weight excluding hydrogens is 258 g/mol. The molecule has 4 nitrogen and oxygen atoms in total. The second kappa shape index (κ2) is 8.15. The van der Waals surface area contributed by atoms with Gasteiger partial charge in [-0.05, 0) is 26.0 Å². The van der Waals surface area contributed by atoms with E-state index in [1.165, 1.54) is 19.2 Å². The SMILES string of the molecule is CCCCS/C(=N/N=C(\C)c1ocnc1C)C(C)C. The van der Waals surface area contributed by atoms with Gasteiger partial charge in [0.05, 0.1) is 10.7 Å². The molecular formula is C14H23N3OS. The topological polar surface area (TPSA) is 50.8 Å². The van der Waals surface area contributed by atoms with Gasteiger partial charge in [0.1, 0.15) is 5.71 Å². The van der Waals surface area contributed by atoms with Crippen molar-refractivity contribution in [3.63, 3.8) is 0 Å². The van der Waals surface area contributed by atoms with E-state index in [-0.39, 0.29) is 0 Å². The van der Waals surface area contributed by atoms with Crippen molar-refractivity contribution >= 4 is 22.5 Å². The zero-order valence-electron chi connectivity index (χ0n) is 12.4. The van der Waals surface area contributed by atoms with E-state index in [4.69, 9.17) is 4.42 Å². The smallest absolute Gasteiger partial charge is 0.181 e. The van der Waals surface area contributed by atoms with Gasteiger partial charge in [-0.15, -0.1) is 16.9 Å². The summed E-state index contributed by atoms with van der Waals surface area (Å²) in [6.07, 6.45) is 3.85. The van der Waals surface area contributed by atoms with Crippen LogP contribution in [0, 0.1) is 12.8 Å². The molecule has 0 N–H and O–H groups in total. The van der Waals surface area contributed by atoms with Crippen molar-refractivity contribution in [3.8, 4) is 0 Å². The van der Waals surface area contributed by atoms with Gasteiger partial charge in [0, 0.05) is 5.92 Å². The Balaban J connectivity index is 2.76. The molecule has 1 aromatic heterocycles. The molecule has 1 heterocycles. The van der Waals surface area contributed by atoms with Gasteiger partial charge in [0.25, 0.3) is 0 Å². The molecule has 1 rings (SSSR count). The van der Waals surface area contributed by atoms with E-state index in [9.17, 15) is 0 Å². The van der Waals surface area contributed by atoms with Crippen LogP contribution in [0.1, 0.15) is 52.0 Å². The van der Waals surface area contributed by atoms with Gasteiger partial charge >= 0.3 is 0 Å². The average Bonchev–Trinajstić information content (AvgIpc) is 2.79. The summed E-state index contributed by atoms with van der Waals surface area (Å²) in [5.41, 5.74) is 1.62. The number of hydrogen-bond acceptors (Lipinski definition) is 5. The Labute approximate surface area is 119 Å². The Morgan fingerprint density at radius 1 is 1.42 bits per heavy atom. The highest BCUT2D eigenvalue weighted by molar-refractivity contribution is 8.13. The number of nitrogens with zero attached hydrogens (tertiary/aromatic N) is 3. The summed E-state index contributed by atoms with van der Waals surface area (Å²) in [5, 5.41) is 9.72. The first-order valence-corrected chi connectivity index (χ1v) is 7.70. The summed E-state index contributed by atoms with van der Waals surface area (Å²) < 4.78 is 5.30. The van der Waals surface area contributed by atoms with Crippen LogP contribution in [0.4, 0.5) is 0 Å². The maximum atomic E-state index is 5.30. The molecule has 0 saturated carbocycles. The van der Waals surface area contributed by atoms with Crippen LogP contribution in [0.25, 0.3) is 0 Å². The maximum Gasteiger partial charge on any atom is 0.181 e. The first-order chi connectivity index (χ1) is 9.06. The molecule has 0 unspecified atom stereocenters. The van der Waals surface area contributed by atoms with E-state index >= 15 is 0 Å². The highest BCUT2D eigenvalue weighted by Crippen LogP contribution is 2.16. The standard InChI is InChI=1S/C14H23N3OS/c1-6-7-8-19-14(10(2)3)17-16-12(5)13-11(4)15-9-18-13/h9-10H,6-8H2,1-5H3/b16-12+,17-14+. The Morgan fingerprint density at radius 3 is 2.68 bits per heavy atom. The monoisotopic (exact) mass is 281 g/mol. The van der Waals surface area contributed by atoms with E-state index in [0.29, 0.717) is 11.7 Å². The number of oxazole rings is 1. The van der Waals surface area contributed by atoms with Gasteiger partial charge in [0.15, 0.2) is 12.2 Å². The quantitative estimate of drug-likeness (QED) is 0.338. The third kappa shape index (κ3) is 5.19. The summed E-state index contributed by atoms with van der Waals surface area (Å²) >= 11 is 1.79. The fourth-order valence-corrected chi connectivity index (χ4v) is 2.52.